The van der Waals surface area contributed by atoms with Gasteiger partial charge in [-0.1, -0.05) is 73.5 Å². The zero-order valence-electron chi connectivity index (χ0n) is 30.0. The van der Waals surface area contributed by atoms with Crippen molar-refractivity contribution in [1.29, 1.82) is 0 Å². The maximum Gasteiger partial charge on any atom is 0.308 e. The molecule has 4 aromatic rings. The van der Waals surface area contributed by atoms with Crippen LogP contribution in [0.5, 0.6) is 23.0 Å². The maximum atomic E-state index is 14.3. The second-order valence-electron chi connectivity index (χ2n) is 13.4. The summed E-state index contributed by atoms with van der Waals surface area (Å²) in [5.74, 6) is -7.01. The number of carbonyl (C=O) groups is 4. The highest BCUT2D eigenvalue weighted by atomic mass is 16.5. The van der Waals surface area contributed by atoms with Gasteiger partial charge in [-0.3, -0.25) is 19.2 Å². The van der Waals surface area contributed by atoms with Crippen molar-refractivity contribution in [3.63, 3.8) is 0 Å². The lowest BCUT2D eigenvalue weighted by Crippen LogP contribution is -2.64. The van der Waals surface area contributed by atoms with Gasteiger partial charge in [0, 0.05) is 26.2 Å². The molecule has 0 heterocycles. The fourth-order valence-corrected chi connectivity index (χ4v) is 6.72. The Hall–Kier alpha value is -5.64. The number of nitrogens with zero attached hydrogens (tertiary/aromatic N) is 2. The van der Waals surface area contributed by atoms with Crippen molar-refractivity contribution in [2.75, 3.05) is 13.1 Å². The summed E-state index contributed by atoms with van der Waals surface area (Å²) < 4.78 is 11.9. The minimum atomic E-state index is -1.54. The van der Waals surface area contributed by atoms with Gasteiger partial charge in [-0.2, -0.15) is 0 Å². The molecule has 5 rings (SSSR count). The second kappa shape index (κ2) is 17.0. The summed E-state index contributed by atoms with van der Waals surface area (Å²) in [5, 5.41) is 20.4. The first kappa shape index (κ1) is 37.6. The molecule has 0 bridgehead atoms. The molecule has 2 amide bonds. The van der Waals surface area contributed by atoms with Crippen molar-refractivity contribution >= 4 is 23.8 Å². The average Bonchev–Trinajstić information content (AvgIpc) is 3.10. The predicted molar refractivity (Wildman–Crippen MR) is 196 cm³/mol. The fraction of sp³-hybridized carbons (Fsp3) is 0.333. The highest BCUT2D eigenvalue weighted by Gasteiger charge is 2.64. The fourth-order valence-electron chi connectivity index (χ4n) is 6.72. The van der Waals surface area contributed by atoms with Gasteiger partial charge >= 0.3 is 11.9 Å². The van der Waals surface area contributed by atoms with Crippen molar-refractivity contribution in [2.24, 2.45) is 23.7 Å². The van der Waals surface area contributed by atoms with Crippen molar-refractivity contribution in [3.8, 4) is 23.0 Å². The van der Waals surface area contributed by atoms with Crippen LogP contribution in [-0.4, -0.2) is 56.9 Å². The Morgan fingerprint density at radius 2 is 0.788 bits per heavy atom. The van der Waals surface area contributed by atoms with Gasteiger partial charge in [-0.05, 0) is 86.3 Å². The van der Waals surface area contributed by atoms with Crippen LogP contribution in [0.15, 0.2) is 97.1 Å². The first-order chi connectivity index (χ1) is 25.0. The monoisotopic (exact) mass is 706 g/mol. The van der Waals surface area contributed by atoms with E-state index in [0.717, 1.165) is 22.3 Å². The standard InChI is InChI=1S/C42H46N2O8/c1-5-23-43(25-29-11-19-33(20-12-29)51-31-15-7-27(3)8-16-31)39(45)35-36(38(42(49)50)37(35)41(47)48)40(46)44(24-6-2)26-30-13-21-34(22-14-30)52-32-17-9-28(4)10-18-32/h7-22,35-38H,5-6,23-26H2,1-4H3,(H,47,48)(H,49,50)/t35-,36-,37-,38-/m1/s1. The van der Waals surface area contributed by atoms with Crippen LogP contribution in [0, 0.1) is 37.5 Å². The topological polar surface area (TPSA) is 134 Å². The summed E-state index contributed by atoms with van der Waals surface area (Å²) in [6.07, 6.45) is 1.16. The lowest BCUT2D eigenvalue weighted by atomic mass is 9.55. The van der Waals surface area contributed by atoms with E-state index in [4.69, 9.17) is 9.47 Å². The van der Waals surface area contributed by atoms with Gasteiger partial charge in [0.1, 0.15) is 23.0 Å². The van der Waals surface area contributed by atoms with E-state index in [-0.39, 0.29) is 13.1 Å². The quantitative estimate of drug-likeness (QED) is 0.121. The number of aliphatic carboxylic acids is 2. The number of ether oxygens (including phenoxy) is 2. The first-order valence-corrected chi connectivity index (χ1v) is 17.7. The van der Waals surface area contributed by atoms with Gasteiger partial charge < -0.3 is 29.5 Å². The Kier molecular flexibility index (Phi) is 12.3. The minimum absolute atomic E-state index is 0.161. The van der Waals surface area contributed by atoms with E-state index in [1.54, 1.807) is 24.3 Å². The van der Waals surface area contributed by atoms with Crippen LogP contribution < -0.4 is 9.47 Å². The van der Waals surface area contributed by atoms with Crippen molar-refractivity contribution in [3.05, 3.63) is 119 Å². The summed E-state index contributed by atoms with van der Waals surface area (Å²) in [6.45, 7) is 8.72. The zero-order chi connectivity index (χ0) is 37.4. The van der Waals surface area contributed by atoms with Crippen LogP contribution in [0.3, 0.4) is 0 Å². The molecular weight excluding hydrogens is 660 g/mol. The number of carboxylic acid groups (broad SMARTS) is 2. The average molecular weight is 707 g/mol. The normalized spacial score (nSPS) is 17.8. The van der Waals surface area contributed by atoms with Gasteiger partial charge in [0.05, 0.1) is 23.7 Å². The van der Waals surface area contributed by atoms with Crippen LogP contribution in [-0.2, 0) is 32.3 Å². The summed E-state index contributed by atoms with van der Waals surface area (Å²) in [7, 11) is 0. The molecule has 1 aliphatic carbocycles. The lowest BCUT2D eigenvalue weighted by Gasteiger charge is -2.48. The zero-order valence-corrected chi connectivity index (χ0v) is 30.0. The molecule has 0 aliphatic heterocycles. The van der Waals surface area contributed by atoms with Gasteiger partial charge in [0.15, 0.2) is 0 Å². The predicted octanol–water partition coefficient (Wildman–Crippen LogP) is 7.71. The molecule has 0 unspecified atom stereocenters. The number of hydrogen-bond donors (Lipinski definition) is 2. The van der Waals surface area contributed by atoms with Crippen molar-refractivity contribution in [1.82, 2.24) is 9.80 Å². The summed E-state index contributed by atoms with van der Waals surface area (Å²) >= 11 is 0. The van der Waals surface area contributed by atoms with Crippen LogP contribution >= 0.6 is 0 Å². The Balaban J connectivity index is 1.34. The van der Waals surface area contributed by atoms with E-state index in [1.165, 1.54) is 9.80 Å². The smallest absolute Gasteiger partial charge is 0.308 e. The maximum absolute atomic E-state index is 14.3. The molecule has 1 fully saturated rings. The molecule has 0 aromatic heterocycles. The van der Waals surface area contributed by atoms with Gasteiger partial charge in [-0.25, -0.2) is 0 Å². The van der Waals surface area contributed by atoms with E-state index in [9.17, 15) is 29.4 Å². The molecule has 0 radical (unpaired) electrons. The molecule has 52 heavy (non-hydrogen) atoms. The number of carbonyl (C=O) groups excluding carboxylic acids is 2. The van der Waals surface area contributed by atoms with Gasteiger partial charge in [0.25, 0.3) is 0 Å². The highest BCUT2D eigenvalue weighted by molar-refractivity contribution is 5.99. The third-order valence-corrected chi connectivity index (χ3v) is 9.41. The van der Waals surface area contributed by atoms with Crippen molar-refractivity contribution < 1.29 is 38.9 Å². The molecule has 4 aromatic carbocycles. The van der Waals surface area contributed by atoms with Crippen LogP contribution in [0.2, 0.25) is 0 Å². The summed E-state index contributed by atoms with van der Waals surface area (Å²) in [4.78, 5) is 56.6. The van der Waals surface area contributed by atoms with E-state index >= 15 is 0 Å². The molecule has 1 aliphatic rings. The van der Waals surface area contributed by atoms with Crippen molar-refractivity contribution in [2.45, 2.75) is 53.6 Å². The van der Waals surface area contributed by atoms with E-state index in [0.29, 0.717) is 48.9 Å². The molecule has 10 nitrogen and oxygen atoms in total. The van der Waals surface area contributed by atoms with Crippen LogP contribution in [0.1, 0.15) is 48.9 Å². The number of carboxylic acids is 2. The largest absolute Gasteiger partial charge is 0.481 e. The minimum Gasteiger partial charge on any atom is -0.481 e. The highest BCUT2D eigenvalue weighted by Crippen LogP contribution is 2.49. The molecule has 10 heteroatoms. The van der Waals surface area contributed by atoms with E-state index in [1.807, 2.05) is 100 Å². The Bertz CT molecular complexity index is 1700. The Morgan fingerprint density at radius 1 is 0.500 bits per heavy atom. The summed E-state index contributed by atoms with van der Waals surface area (Å²) in [5.41, 5.74) is 3.80. The van der Waals surface area contributed by atoms with Crippen LogP contribution in [0.4, 0.5) is 0 Å². The second-order valence-corrected chi connectivity index (χ2v) is 13.4. The number of aryl methyl sites for hydroxylation is 2. The molecule has 2 N–H and O–H groups in total. The molecular formula is C42H46N2O8. The van der Waals surface area contributed by atoms with Crippen LogP contribution in [0.25, 0.3) is 0 Å². The van der Waals surface area contributed by atoms with E-state index < -0.39 is 47.4 Å². The molecule has 0 spiro atoms. The third-order valence-electron chi connectivity index (χ3n) is 9.41. The Labute approximate surface area is 304 Å². The molecule has 4 atom stereocenters. The van der Waals surface area contributed by atoms with Gasteiger partial charge in [-0.15, -0.1) is 0 Å². The molecule has 272 valence electrons. The SMILES string of the molecule is CCCN(Cc1ccc(Oc2ccc(C)cc2)cc1)C(=O)[C@H]1[C@@H](C(=O)O)[C@H](C(=O)O)[C@@H]1C(=O)N(CCC)Cc1ccc(Oc2ccc(C)cc2)cc1. The number of amides is 2. The molecule has 1 saturated carbocycles. The number of benzene rings is 4. The Morgan fingerprint density at radius 3 is 1.06 bits per heavy atom. The summed E-state index contributed by atoms with van der Waals surface area (Å²) in [6, 6.07) is 29.8. The number of hydrogen-bond acceptors (Lipinski definition) is 6. The molecule has 0 saturated heterocycles. The van der Waals surface area contributed by atoms with Gasteiger partial charge in [0.2, 0.25) is 11.8 Å². The number of rotatable bonds is 16. The third kappa shape index (κ3) is 8.98. The first-order valence-electron chi connectivity index (χ1n) is 17.7. The van der Waals surface area contributed by atoms with E-state index in [2.05, 4.69) is 0 Å². The lowest BCUT2D eigenvalue weighted by molar-refractivity contribution is -0.187.